The third-order valence-electron chi connectivity index (χ3n) is 4.45. The zero-order valence-corrected chi connectivity index (χ0v) is 15.4. The van der Waals surface area contributed by atoms with Crippen molar-refractivity contribution >= 4 is 22.7 Å². The van der Waals surface area contributed by atoms with E-state index in [0.717, 1.165) is 19.5 Å². The fraction of sp³-hybridized carbons (Fsp3) is 0.130. The van der Waals surface area contributed by atoms with Crippen LogP contribution in [0, 0.1) is 0 Å². The molecule has 0 atom stereocenters. The third kappa shape index (κ3) is 4.18. The van der Waals surface area contributed by atoms with Gasteiger partial charge in [0.05, 0.1) is 0 Å². The number of H-pyrrole nitrogens is 1. The van der Waals surface area contributed by atoms with Crippen LogP contribution < -0.4 is 5.32 Å². The number of rotatable bonds is 7. The Morgan fingerprint density at radius 3 is 2.54 bits per heavy atom. The molecule has 0 aliphatic rings. The quantitative estimate of drug-likeness (QED) is 0.418. The molecule has 3 aromatic carbocycles. The van der Waals surface area contributed by atoms with E-state index in [0.29, 0.717) is 0 Å². The van der Waals surface area contributed by atoms with Crippen molar-refractivity contribution in [1.82, 2.24) is 10.3 Å². The van der Waals surface area contributed by atoms with E-state index < -0.39 is 0 Å². The minimum atomic E-state index is 0.894. The van der Waals surface area contributed by atoms with Crippen molar-refractivity contribution in [2.24, 2.45) is 0 Å². The monoisotopic (exact) mass is 358 g/mol. The molecule has 1 heterocycles. The number of hydrogen-bond acceptors (Lipinski definition) is 2. The SMILES string of the molecule is c1ccc(Sc2cccc(CNCCc3c[nH]c4ccccc34)c2)cc1. The van der Waals surface area contributed by atoms with Gasteiger partial charge in [0.15, 0.2) is 0 Å². The van der Waals surface area contributed by atoms with Crippen molar-refractivity contribution in [3.63, 3.8) is 0 Å². The van der Waals surface area contributed by atoms with E-state index in [1.807, 2.05) is 11.8 Å². The number of para-hydroxylation sites is 1. The predicted molar refractivity (Wildman–Crippen MR) is 111 cm³/mol. The second-order valence-electron chi connectivity index (χ2n) is 6.35. The molecule has 0 fully saturated rings. The molecular formula is C23H22N2S. The van der Waals surface area contributed by atoms with Crippen LogP contribution in [0.5, 0.6) is 0 Å². The zero-order valence-electron chi connectivity index (χ0n) is 14.6. The number of hydrogen-bond donors (Lipinski definition) is 2. The van der Waals surface area contributed by atoms with Gasteiger partial charge in [-0.15, -0.1) is 0 Å². The van der Waals surface area contributed by atoms with Crippen molar-refractivity contribution in [2.75, 3.05) is 6.54 Å². The first-order chi connectivity index (χ1) is 12.9. The Morgan fingerprint density at radius 1 is 0.808 bits per heavy atom. The summed E-state index contributed by atoms with van der Waals surface area (Å²) in [6.45, 7) is 1.86. The Morgan fingerprint density at radius 2 is 1.62 bits per heavy atom. The Labute approximate surface area is 158 Å². The molecule has 1 aromatic heterocycles. The summed E-state index contributed by atoms with van der Waals surface area (Å²) < 4.78 is 0. The third-order valence-corrected chi connectivity index (χ3v) is 5.45. The van der Waals surface area contributed by atoms with Crippen LogP contribution in [0.1, 0.15) is 11.1 Å². The minimum absolute atomic E-state index is 0.894. The molecule has 4 aromatic rings. The van der Waals surface area contributed by atoms with E-state index in [-0.39, 0.29) is 0 Å². The maximum Gasteiger partial charge on any atom is 0.0456 e. The Hall–Kier alpha value is -2.49. The van der Waals surface area contributed by atoms with Gasteiger partial charge in [-0.2, -0.15) is 0 Å². The second-order valence-corrected chi connectivity index (χ2v) is 7.50. The largest absolute Gasteiger partial charge is 0.361 e. The lowest BCUT2D eigenvalue weighted by molar-refractivity contribution is 0.687. The number of benzene rings is 3. The number of nitrogens with one attached hydrogen (secondary N) is 2. The molecule has 0 bridgehead atoms. The fourth-order valence-corrected chi connectivity index (χ4v) is 4.06. The van der Waals surface area contributed by atoms with Crippen LogP contribution in [0.25, 0.3) is 10.9 Å². The molecule has 0 radical (unpaired) electrons. The summed E-state index contributed by atoms with van der Waals surface area (Å²) in [5.74, 6) is 0. The Kier molecular flexibility index (Phi) is 5.38. The van der Waals surface area contributed by atoms with E-state index >= 15 is 0 Å². The van der Waals surface area contributed by atoms with Crippen LogP contribution in [0.15, 0.2) is 94.9 Å². The van der Waals surface area contributed by atoms with E-state index in [2.05, 4.69) is 95.4 Å². The van der Waals surface area contributed by atoms with Crippen LogP contribution in [0.2, 0.25) is 0 Å². The van der Waals surface area contributed by atoms with Crippen LogP contribution >= 0.6 is 11.8 Å². The lowest BCUT2D eigenvalue weighted by Gasteiger charge is -2.07. The molecule has 0 saturated carbocycles. The van der Waals surface area contributed by atoms with E-state index in [9.17, 15) is 0 Å². The van der Waals surface area contributed by atoms with E-state index in [1.54, 1.807) is 0 Å². The summed E-state index contributed by atoms with van der Waals surface area (Å²) in [6, 6.07) is 27.8. The summed E-state index contributed by atoms with van der Waals surface area (Å²) in [7, 11) is 0. The molecule has 2 nitrogen and oxygen atoms in total. The normalized spacial score (nSPS) is 11.1. The summed E-state index contributed by atoms with van der Waals surface area (Å²) in [5, 5.41) is 4.90. The maximum absolute atomic E-state index is 3.57. The standard InChI is InChI=1S/C23H22N2S/c1-2-8-20(9-3-1)26-21-10-6-7-18(15-21)16-24-14-13-19-17-25-23-12-5-4-11-22(19)23/h1-12,15,17,24-25H,13-14,16H2. The highest BCUT2D eigenvalue weighted by Gasteiger charge is 2.03. The lowest BCUT2D eigenvalue weighted by Crippen LogP contribution is -2.16. The molecule has 0 unspecified atom stereocenters. The maximum atomic E-state index is 3.57. The van der Waals surface area contributed by atoms with Gasteiger partial charge in [-0.25, -0.2) is 0 Å². The molecule has 2 N–H and O–H groups in total. The topological polar surface area (TPSA) is 27.8 Å². The van der Waals surface area contributed by atoms with Gasteiger partial charge in [-0.1, -0.05) is 60.3 Å². The molecule has 3 heteroatoms. The van der Waals surface area contributed by atoms with Crippen molar-refractivity contribution in [3.05, 3.63) is 96.2 Å². The van der Waals surface area contributed by atoms with Crippen LogP contribution in [0.4, 0.5) is 0 Å². The molecule has 0 aliphatic heterocycles. The van der Waals surface area contributed by atoms with Gasteiger partial charge in [0.2, 0.25) is 0 Å². The average molecular weight is 359 g/mol. The molecule has 4 rings (SSSR count). The first-order valence-corrected chi connectivity index (χ1v) is 9.78. The summed E-state index contributed by atoms with van der Waals surface area (Å²) in [5.41, 5.74) is 3.92. The molecule has 130 valence electrons. The lowest BCUT2D eigenvalue weighted by atomic mass is 10.1. The van der Waals surface area contributed by atoms with Crippen molar-refractivity contribution in [2.45, 2.75) is 22.8 Å². The molecule has 0 saturated heterocycles. The summed E-state index contributed by atoms with van der Waals surface area (Å²) >= 11 is 1.81. The van der Waals surface area contributed by atoms with Gasteiger partial charge >= 0.3 is 0 Å². The summed E-state index contributed by atoms with van der Waals surface area (Å²) in [4.78, 5) is 5.91. The Bertz CT molecular complexity index is 976. The van der Waals surface area contributed by atoms with E-state index in [4.69, 9.17) is 0 Å². The van der Waals surface area contributed by atoms with Gasteiger partial charge in [0.25, 0.3) is 0 Å². The van der Waals surface area contributed by atoms with Crippen molar-refractivity contribution in [3.8, 4) is 0 Å². The number of fused-ring (bicyclic) bond motifs is 1. The molecule has 0 amide bonds. The fourth-order valence-electron chi connectivity index (χ4n) is 3.14. The highest BCUT2D eigenvalue weighted by Crippen LogP contribution is 2.27. The first-order valence-electron chi connectivity index (χ1n) is 8.96. The van der Waals surface area contributed by atoms with Gasteiger partial charge in [-0.05, 0) is 54.4 Å². The number of aromatic nitrogens is 1. The van der Waals surface area contributed by atoms with Gasteiger partial charge < -0.3 is 10.3 Å². The second kappa shape index (κ2) is 8.26. The summed E-state index contributed by atoms with van der Waals surface area (Å²) in [6.07, 6.45) is 3.16. The van der Waals surface area contributed by atoms with Crippen molar-refractivity contribution in [1.29, 1.82) is 0 Å². The van der Waals surface area contributed by atoms with Gasteiger partial charge in [0.1, 0.15) is 0 Å². The highest BCUT2D eigenvalue weighted by molar-refractivity contribution is 7.99. The van der Waals surface area contributed by atoms with Crippen LogP contribution in [-0.4, -0.2) is 11.5 Å². The van der Waals surface area contributed by atoms with Crippen LogP contribution in [0.3, 0.4) is 0 Å². The molecule has 26 heavy (non-hydrogen) atoms. The van der Waals surface area contributed by atoms with Crippen molar-refractivity contribution < 1.29 is 0 Å². The molecular weight excluding hydrogens is 336 g/mol. The minimum Gasteiger partial charge on any atom is -0.361 e. The zero-order chi connectivity index (χ0) is 17.6. The molecule has 0 spiro atoms. The smallest absolute Gasteiger partial charge is 0.0456 e. The van der Waals surface area contributed by atoms with Gasteiger partial charge in [0, 0.05) is 33.4 Å². The van der Waals surface area contributed by atoms with E-state index in [1.165, 1.54) is 31.8 Å². The van der Waals surface area contributed by atoms with Crippen LogP contribution in [-0.2, 0) is 13.0 Å². The first kappa shape index (κ1) is 17.0. The Balaban J connectivity index is 1.31. The molecule has 0 aliphatic carbocycles. The van der Waals surface area contributed by atoms with Gasteiger partial charge in [-0.3, -0.25) is 0 Å². The highest BCUT2D eigenvalue weighted by atomic mass is 32.2. The average Bonchev–Trinajstić information content (AvgIpc) is 3.10. The number of aromatic amines is 1. The predicted octanol–water partition coefficient (Wildman–Crippen LogP) is 5.65.